The van der Waals surface area contributed by atoms with E-state index in [0.717, 1.165) is 37.7 Å². The van der Waals surface area contributed by atoms with E-state index in [2.05, 4.69) is 5.32 Å². The van der Waals surface area contributed by atoms with E-state index in [1.54, 1.807) is 43.4 Å². The summed E-state index contributed by atoms with van der Waals surface area (Å²) in [5.74, 6) is -0.695. The van der Waals surface area contributed by atoms with Crippen LogP contribution in [-0.4, -0.2) is 48.4 Å². The van der Waals surface area contributed by atoms with Gasteiger partial charge in [0, 0.05) is 37.2 Å². The van der Waals surface area contributed by atoms with Crippen LogP contribution in [0.15, 0.2) is 53.4 Å². The predicted molar refractivity (Wildman–Crippen MR) is 127 cm³/mol. The quantitative estimate of drug-likeness (QED) is 0.607. The molecule has 1 heterocycles. The number of amides is 3. The van der Waals surface area contributed by atoms with Gasteiger partial charge in [-0.1, -0.05) is 31.4 Å². The summed E-state index contributed by atoms with van der Waals surface area (Å²) in [6, 6.07) is 12.9. The van der Waals surface area contributed by atoms with Gasteiger partial charge in [0.2, 0.25) is 21.8 Å². The van der Waals surface area contributed by atoms with Crippen molar-refractivity contribution in [2.45, 2.75) is 62.4 Å². The number of hydrogen-bond donors (Lipinski definition) is 1. The maximum atomic E-state index is 13.0. The Labute approximate surface area is 200 Å². The molecule has 4 rings (SSSR count). The average Bonchev–Trinajstić information content (AvgIpc) is 3.17. The maximum absolute atomic E-state index is 13.0. The molecule has 180 valence electrons. The van der Waals surface area contributed by atoms with E-state index in [9.17, 15) is 22.8 Å². The molecule has 2 aromatic rings. The number of nitrogens with zero attached hydrogens (tertiary/aromatic N) is 2. The highest BCUT2D eigenvalue weighted by Crippen LogP contribution is 2.27. The summed E-state index contributed by atoms with van der Waals surface area (Å²) in [5, 5.41) is 2.77. The number of carbonyl (C=O) groups excluding carboxylic acids is 3. The van der Waals surface area contributed by atoms with Gasteiger partial charge in [-0.3, -0.25) is 19.3 Å². The normalized spacial score (nSPS) is 17.4. The minimum Gasteiger partial charge on any atom is -0.322 e. The highest BCUT2D eigenvalue weighted by molar-refractivity contribution is 7.89. The molecule has 0 aromatic heterocycles. The molecule has 0 spiro atoms. The fourth-order valence-electron chi connectivity index (χ4n) is 4.46. The van der Waals surface area contributed by atoms with Gasteiger partial charge in [0.15, 0.2) is 0 Å². The SMILES string of the molecule is CN(C1CCCCC1)S(=O)(=O)c1ccc(NC(=O)c2ccc(CN3C(=O)CCC3=O)cc2)cc1. The van der Waals surface area contributed by atoms with E-state index >= 15 is 0 Å². The van der Waals surface area contributed by atoms with E-state index < -0.39 is 10.0 Å². The molecule has 1 saturated carbocycles. The number of carbonyl (C=O) groups is 3. The Balaban J connectivity index is 1.38. The van der Waals surface area contributed by atoms with Gasteiger partial charge in [-0.25, -0.2) is 8.42 Å². The molecule has 0 bridgehead atoms. The molecule has 1 aliphatic carbocycles. The summed E-state index contributed by atoms with van der Waals surface area (Å²) >= 11 is 0. The summed E-state index contributed by atoms with van der Waals surface area (Å²) in [5.41, 5.74) is 1.66. The van der Waals surface area contributed by atoms with Crippen LogP contribution in [0.5, 0.6) is 0 Å². The second-order valence-corrected chi connectivity index (χ2v) is 10.9. The third kappa shape index (κ3) is 5.20. The van der Waals surface area contributed by atoms with E-state index in [1.807, 2.05) is 0 Å². The summed E-state index contributed by atoms with van der Waals surface area (Å²) in [6.07, 6.45) is 5.50. The van der Waals surface area contributed by atoms with Gasteiger partial charge in [0.05, 0.1) is 11.4 Å². The van der Waals surface area contributed by atoms with Gasteiger partial charge in [-0.15, -0.1) is 0 Å². The average molecular weight is 484 g/mol. The van der Waals surface area contributed by atoms with Crippen molar-refractivity contribution in [2.75, 3.05) is 12.4 Å². The van der Waals surface area contributed by atoms with Crippen molar-refractivity contribution in [2.24, 2.45) is 0 Å². The highest BCUT2D eigenvalue weighted by Gasteiger charge is 2.30. The van der Waals surface area contributed by atoms with Gasteiger partial charge in [-0.2, -0.15) is 4.31 Å². The van der Waals surface area contributed by atoms with Gasteiger partial charge in [0.1, 0.15) is 0 Å². The van der Waals surface area contributed by atoms with Crippen LogP contribution in [0.2, 0.25) is 0 Å². The first kappa shape index (κ1) is 24.1. The summed E-state index contributed by atoms with van der Waals surface area (Å²) in [6.45, 7) is 0.199. The van der Waals surface area contributed by atoms with Crippen molar-refractivity contribution in [3.8, 4) is 0 Å². The Bertz CT molecular complexity index is 1150. The number of sulfonamides is 1. The van der Waals surface area contributed by atoms with E-state index in [4.69, 9.17) is 0 Å². The first-order valence-corrected chi connectivity index (χ1v) is 13.0. The lowest BCUT2D eigenvalue weighted by Gasteiger charge is -2.30. The molecule has 1 aliphatic heterocycles. The standard InChI is InChI=1S/C25H29N3O5S/c1-27(21-5-3-2-4-6-21)34(32,33)22-13-11-20(12-14-22)26-25(31)19-9-7-18(8-10-19)17-28-23(29)15-16-24(28)30/h7-14,21H,2-6,15-17H2,1H3,(H,26,31). The van der Waals surface area contributed by atoms with Crippen LogP contribution in [0, 0.1) is 0 Å². The lowest BCUT2D eigenvalue weighted by molar-refractivity contribution is -0.139. The van der Waals surface area contributed by atoms with Crippen molar-refractivity contribution in [3.05, 3.63) is 59.7 Å². The Hall–Kier alpha value is -3.04. The zero-order chi connectivity index (χ0) is 24.3. The number of nitrogens with one attached hydrogen (secondary N) is 1. The number of anilines is 1. The monoisotopic (exact) mass is 483 g/mol. The summed E-state index contributed by atoms with van der Waals surface area (Å²) in [4.78, 5) is 37.6. The third-order valence-corrected chi connectivity index (χ3v) is 8.51. The smallest absolute Gasteiger partial charge is 0.255 e. The molecule has 2 fully saturated rings. The largest absolute Gasteiger partial charge is 0.322 e. The maximum Gasteiger partial charge on any atom is 0.255 e. The molecular formula is C25H29N3O5S. The minimum absolute atomic E-state index is 0.0304. The van der Waals surface area contributed by atoms with Crippen LogP contribution in [-0.2, 0) is 26.2 Å². The van der Waals surface area contributed by atoms with Crippen LogP contribution < -0.4 is 5.32 Å². The number of likely N-dealkylation sites (tertiary alicyclic amines) is 1. The van der Waals surface area contributed by atoms with E-state index in [-0.39, 0.29) is 48.0 Å². The second-order valence-electron chi connectivity index (χ2n) is 8.86. The molecule has 1 saturated heterocycles. The number of hydrogen-bond acceptors (Lipinski definition) is 5. The number of imide groups is 1. The molecule has 9 heteroatoms. The van der Waals surface area contributed by atoms with Crippen molar-refractivity contribution >= 4 is 33.4 Å². The fourth-order valence-corrected chi connectivity index (χ4v) is 5.88. The molecule has 0 unspecified atom stereocenters. The Morgan fingerprint density at radius 3 is 2.12 bits per heavy atom. The lowest BCUT2D eigenvalue weighted by Crippen LogP contribution is -2.38. The molecule has 3 amide bonds. The molecule has 1 N–H and O–H groups in total. The lowest BCUT2D eigenvalue weighted by atomic mass is 9.96. The Morgan fingerprint density at radius 2 is 1.53 bits per heavy atom. The molecule has 2 aliphatic rings. The van der Waals surface area contributed by atoms with Crippen molar-refractivity contribution < 1.29 is 22.8 Å². The van der Waals surface area contributed by atoms with Crippen LogP contribution in [0.25, 0.3) is 0 Å². The molecule has 8 nitrogen and oxygen atoms in total. The predicted octanol–water partition coefficient (Wildman–Crippen LogP) is 3.54. The second kappa shape index (κ2) is 10.1. The topological polar surface area (TPSA) is 104 Å². The number of rotatable bonds is 7. The first-order valence-electron chi connectivity index (χ1n) is 11.6. The Kier molecular flexibility index (Phi) is 7.13. The highest BCUT2D eigenvalue weighted by atomic mass is 32.2. The van der Waals surface area contributed by atoms with Crippen LogP contribution in [0.4, 0.5) is 5.69 Å². The van der Waals surface area contributed by atoms with Gasteiger partial charge in [0.25, 0.3) is 5.91 Å². The van der Waals surface area contributed by atoms with Crippen molar-refractivity contribution in [1.29, 1.82) is 0 Å². The van der Waals surface area contributed by atoms with E-state index in [1.165, 1.54) is 21.3 Å². The van der Waals surface area contributed by atoms with Gasteiger partial charge >= 0.3 is 0 Å². The van der Waals surface area contributed by atoms with Crippen LogP contribution in [0.3, 0.4) is 0 Å². The van der Waals surface area contributed by atoms with Crippen molar-refractivity contribution in [3.63, 3.8) is 0 Å². The third-order valence-electron chi connectivity index (χ3n) is 6.59. The van der Waals surface area contributed by atoms with Crippen molar-refractivity contribution in [1.82, 2.24) is 9.21 Å². The van der Waals surface area contributed by atoms with Crippen LogP contribution in [0.1, 0.15) is 60.9 Å². The molecule has 2 aromatic carbocycles. The Morgan fingerprint density at radius 1 is 0.941 bits per heavy atom. The first-order chi connectivity index (χ1) is 16.3. The molecule has 34 heavy (non-hydrogen) atoms. The molecule has 0 radical (unpaired) electrons. The fraction of sp³-hybridized carbons (Fsp3) is 0.400. The van der Waals surface area contributed by atoms with E-state index in [0.29, 0.717) is 11.3 Å². The van der Waals surface area contributed by atoms with Gasteiger partial charge < -0.3 is 5.32 Å². The minimum atomic E-state index is -3.59. The van der Waals surface area contributed by atoms with Gasteiger partial charge in [-0.05, 0) is 54.8 Å². The summed E-state index contributed by atoms with van der Waals surface area (Å²) in [7, 11) is -1.95. The zero-order valence-electron chi connectivity index (χ0n) is 19.2. The molecular weight excluding hydrogens is 454 g/mol. The van der Waals surface area contributed by atoms with Crippen LogP contribution >= 0.6 is 0 Å². The molecule has 0 atom stereocenters. The number of benzene rings is 2. The zero-order valence-corrected chi connectivity index (χ0v) is 20.0. The summed E-state index contributed by atoms with van der Waals surface area (Å²) < 4.78 is 27.4.